The van der Waals surface area contributed by atoms with Gasteiger partial charge in [0.25, 0.3) is 7.82 Å². The number of phosphoric ester groups is 1. The largest absolute Gasteiger partial charge is 0.756 e. The molecule has 0 saturated carbocycles. The molecule has 1 amide bonds. The Balaban J connectivity index is 4.51. The van der Waals surface area contributed by atoms with Crippen molar-refractivity contribution in [3.63, 3.8) is 0 Å². The molecule has 9 heteroatoms. The number of nitrogens with zero attached hydrogens (tertiary/aromatic N) is 1. The molecule has 2 N–H and O–H groups in total. The van der Waals surface area contributed by atoms with Crippen LogP contribution < -0.4 is 10.2 Å². The van der Waals surface area contributed by atoms with E-state index in [1.807, 2.05) is 27.2 Å². The lowest BCUT2D eigenvalue weighted by molar-refractivity contribution is -0.870. The highest BCUT2D eigenvalue weighted by atomic mass is 31.2. The van der Waals surface area contributed by atoms with Crippen molar-refractivity contribution in [2.45, 2.75) is 187 Å². The zero-order chi connectivity index (χ0) is 37.9. The van der Waals surface area contributed by atoms with Crippen LogP contribution >= 0.6 is 7.82 Å². The molecule has 0 heterocycles. The maximum atomic E-state index is 12.8. The zero-order valence-corrected chi connectivity index (χ0v) is 34.7. The number of hydrogen-bond donors (Lipinski definition) is 2. The van der Waals surface area contributed by atoms with Crippen molar-refractivity contribution in [2.75, 3.05) is 40.9 Å². The van der Waals surface area contributed by atoms with Crippen molar-refractivity contribution in [1.82, 2.24) is 5.32 Å². The lowest BCUT2D eigenvalue weighted by atomic mass is 10.0. The van der Waals surface area contributed by atoms with Crippen LogP contribution in [0.1, 0.15) is 174 Å². The zero-order valence-electron chi connectivity index (χ0n) is 33.8. The third kappa shape index (κ3) is 36.9. The molecule has 3 unspecified atom stereocenters. The van der Waals surface area contributed by atoms with Crippen LogP contribution in [0.3, 0.4) is 0 Å². The van der Waals surface area contributed by atoms with Crippen molar-refractivity contribution in [3.05, 3.63) is 36.5 Å². The molecule has 0 radical (unpaired) electrons. The summed E-state index contributed by atoms with van der Waals surface area (Å²) in [7, 11) is 1.23. The highest BCUT2D eigenvalue weighted by Gasteiger charge is 2.23. The minimum atomic E-state index is -4.59. The molecule has 300 valence electrons. The quantitative estimate of drug-likeness (QED) is 0.0284. The van der Waals surface area contributed by atoms with E-state index in [1.165, 1.54) is 103 Å². The predicted molar refractivity (Wildman–Crippen MR) is 215 cm³/mol. The van der Waals surface area contributed by atoms with Gasteiger partial charge in [0.15, 0.2) is 0 Å². The molecule has 0 aliphatic carbocycles. The van der Waals surface area contributed by atoms with Gasteiger partial charge < -0.3 is 28.8 Å². The highest BCUT2D eigenvalue weighted by Crippen LogP contribution is 2.38. The van der Waals surface area contributed by atoms with E-state index in [0.29, 0.717) is 17.4 Å². The van der Waals surface area contributed by atoms with Gasteiger partial charge in [-0.25, -0.2) is 0 Å². The van der Waals surface area contributed by atoms with E-state index in [2.05, 4.69) is 43.5 Å². The number of nitrogens with one attached hydrogen (secondary N) is 1. The molecule has 0 rings (SSSR count). The molecule has 0 saturated heterocycles. The third-order valence-electron chi connectivity index (χ3n) is 9.08. The number of amides is 1. The van der Waals surface area contributed by atoms with Crippen LogP contribution in [-0.4, -0.2) is 68.5 Å². The van der Waals surface area contributed by atoms with Gasteiger partial charge in [0.05, 0.1) is 39.9 Å². The first-order valence-corrected chi connectivity index (χ1v) is 22.3. The van der Waals surface area contributed by atoms with E-state index in [9.17, 15) is 19.4 Å². The fourth-order valence-corrected chi connectivity index (χ4v) is 6.43. The smallest absolute Gasteiger partial charge is 0.268 e. The summed E-state index contributed by atoms with van der Waals surface area (Å²) in [6.45, 7) is 4.57. The average molecular weight is 741 g/mol. The van der Waals surface area contributed by atoms with Crippen LogP contribution in [0.25, 0.3) is 0 Å². The van der Waals surface area contributed by atoms with Crippen molar-refractivity contribution < 1.29 is 32.9 Å². The Morgan fingerprint density at radius 3 is 1.59 bits per heavy atom. The number of allylic oxidation sites excluding steroid dienone is 5. The van der Waals surface area contributed by atoms with Gasteiger partial charge in [-0.15, -0.1) is 0 Å². The van der Waals surface area contributed by atoms with E-state index in [1.54, 1.807) is 6.08 Å². The Morgan fingerprint density at radius 1 is 0.667 bits per heavy atom. The molecule has 51 heavy (non-hydrogen) atoms. The SMILES string of the molecule is CCCCC/C=C/CC/C=C/CC/C=C/C(O)C(COP(=O)([O-])OCC[N+](C)(C)C)NC(=O)CCCCCCCCCCCCCCCCCC. The van der Waals surface area contributed by atoms with Crippen LogP contribution in [0.15, 0.2) is 36.5 Å². The van der Waals surface area contributed by atoms with Gasteiger partial charge in [-0.1, -0.05) is 159 Å². The third-order valence-corrected chi connectivity index (χ3v) is 10.0. The first kappa shape index (κ1) is 49.7. The normalized spacial score (nSPS) is 14.9. The highest BCUT2D eigenvalue weighted by molar-refractivity contribution is 7.45. The van der Waals surface area contributed by atoms with Gasteiger partial charge in [0.2, 0.25) is 5.91 Å². The molecule has 3 atom stereocenters. The molecule has 0 fully saturated rings. The Hall–Kier alpha value is -1.28. The number of likely N-dealkylation sites (N-methyl/N-ethyl adjacent to an activating group) is 1. The monoisotopic (exact) mass is 741 g/mol. The number of aliphatic hydroxyl groups excluding tert-OH is 1. The summed E-state index contributed by atoms with van der Waals surface area (Å²) >= 11 is 0. The Kier molecular flexibility index (Phi) is 33.6. The van der Waals surface area contributed by atoms with Gasteiger partial charge in [0.1, 0.15) is 13.2 Å². The minimum Gasteiger partial charge on any atom is -0.756 e. The van der Waals surface area contributed by atoms with Gasteiger partial charge in [0, 0.05) is 6.42 Å². The summed E-state index contributed by atoms with van der Waals surface area (Å²) in [6.07, 6.45) is 40.4. The number of unbranched alkanes of at least 4 members (excludes halogenated alkanes) is 20. The number of carbonyl (C=O) groups is 1. The van der Waals surface area contributed by atoms with Crippen molar-refractivity contribution >= 4 is 13.7 Å². The number of rotatable bonds is 37. The Labute approximate surface area is 315 Å². The van der Waals surface area contributed by atoms with Gasteiger partial charge >= 0.3 is 0 Å². The van der Waals surface area contributed by atoms with Crippen LogP contribution in [0.2, 0.25) is 0 Å². The molecular weight excluding hydrogens is 659 g/mol. The number of aliphatic hydroxyl groups is 1. The number of phosphoric acid groups is 1. The second-order valence-electron chi connectivity index (χ2n) is 15.3. The van der Waals surface area contributed by atoms with Crippen molar-refractivity contribution in [2.24, 2.45) is 0 Å². The molecule has 0 aromatic heterocycles. The first-order valence-electron chi connectivity index (χ1n) is 20.9. The summed E-state index contributed by atoms with van der Waals surface area (Å²) in [4.78, 5) is 25.2. The fourth-order valence-electron chi connectivity index (χ4n) is 5.71. The maximum Gasteiger partial charge on any atom is 0.268 e. The Morgan fingerprint density at radius 2 is 1.10 bits per heavy atom. The van der Waals surface area contributed by atoms with Gasteiger partial charge in [-0.3, -0.25) is 9.36 Å². The second kappa shape index (κ2) is 34.5. The summed E-state index contributed by atoms with van der Waals surface area (Å²) in [5.41, 5.74) is 0. The standard InChI is InChI=1S/C42H81N2O6P/c1-6-8-10-12-14-16-18-20-21-22-24-26-28-30-32-34-36-42(46)43-40(39-50-51(47,48)49-38-37-44(3,4)5)41(45)35-33-31-29-27-25-23-19-17-15-13-11-9-7-2/h15,17,25,27,33,35,40-41,45H,6-14,16,18-24,26,28-32,34,36-39H2,1-5H3,(H-,43,46,47,48)/b17-15+,27-25+,35-33+. The van der Waals surface area contributed by atoms with E-state index in [4.69, 9.17) is 9.05 Å². The van der Waals surface area contributed by atoms with Crippen LogP contribution in [0.5, 0.6) is 0 Å². The van der Waals surface area contributed by atoms with Crippen molar-refractivity contribution in [3.8, 4) is 0 Å². The second-order valence-corrected chi connectivity index (χ2v) is 16.7. The van der Waals surface area contributed by atoms with E-state index in [-0.39, 0.29) is 12.5 Å². The average Bonchev–Trinajstić information content (AvgIpc) is 3.07. The molecule has 0 spiro atoms. The van der Waals surface area contributed by atoms with Gasteiger partial charge in [-0.2, -0.15) is 0 Å². The summed E-state index contributed by atoms with van der Waals surface area (Å²) < 4.78 is 23.1. The lowest BCUT2D eigenvalue weighted by Crippen LogP contribution is -2.45. The molecule has 0 aliphatic heterocycles. The first-order chi connectivity index (χ1) is 24.5. The molecular formula is C42H81N2O6P. The summed E-state index contributed by atoms with van der Waals surface area (Å²) in [5, 5.41) is 13.7. The van der Waals surface area contributed by atoms with Gasteiger partial charge in [-0.05, 0) is 44.9 Å². The fraction of sp³-hybridized carbons (Fsp3) is 0.833. The van der Waals surface area contributed by atoms with E-state index in [0.717, 1.165) is 51.4 Å². The molecule has 0 bridgehead atoms. The number of quaternary nitrogens is 1. The topological polar surface area (TPSA) is 108 Å². The molecule has 0 aromatic carbocycles. The van der Waals surface area contributed by atoms with Crippen LogP contribution in [0.4, 0.5) is 0 Å². The van der Waals surface area contributed by atoms with Crippen LogP contribution in [-0.2, 0) is 18.4 Å². The predicted octanol–water partition coefficient (Wildman–Crippen LogP) is 10.5. The van der Waals surface area contributed by atoms with Crippen molar-refractivity contribution in [1.29, 1.82) is 0 Å². The van der Waals surface area contributed by atoms with Crippen LogP contribution in [0, 0.1) is 0 Å². The molecule has 0 aromatic rings. The minimum absolute atomic E-state index is 0.00816. The maximum absolute atomic E-state index is 12.8. The van der Waals surface area contributed by atoms with E-state index >= 15 is 0 Å². The Bertz CT molecular complexity index is 933. The van der Waals surface area contributed by atoms with E-state index < -0.39 is 26.6 Å². The summed E-state index contributed by atoms with van der Waals surface area (Å²) in [6, 6.07) is -0.904. The lowest BCUT2D eigenvalue weighted by Gasteiger charge is -2.29. The molecule has 0 aliphatic rings. The number of carbonyl (C=O) groups excluding carboxylic acids is 1. The molecule has 8 nitrogen and oxygen atoms in total. The summed E-state index contributed by atoms with van der Waals surface area (Å²) in [5.74, 6) is -0.213. The number of hydrogen-bond acceptors (Lipinski definition) is 6.